The summed E-state index contributed by atoms with van der Waals surface area (Å²) in [5, 5.41) is 2.69. The Hall–Kier alpha value is -2.11. The fraction of sp³-hybridized carbons (Fsp3) is 0.429. The van der Waals surface area contributed by atoms with Gasteiger partial charge in [0.15, 0.2) is 6.61 Å². The highest BCUT2D eigenvalue weighted by molar-refractivity contribution is 5.96. The lowest BCUT2D eigenvalue weighted by Crippen LogP contribution is -2.35. The van der Waals surface area contributed by atoms with Crippen molar-refractivity contribution >= 4 is 17.6 Å². The Balaban J connectivity index is 2.51. The average molecular weight is 282 g/mol. The third kappa shape index (κ3) is 4.87. The number of ether oxygens (including phenoxy) is 1. The first kappa shape index (κ1) is 15.9. The molecule has 0 fully saturated rings. The van der Waals surface area contributed by atoms with Crippen LogP contribution >= 0.6 is 0 Å². The smallest absolute Gasteiger partial charge is 0.340 e. The number of anilines is 1. The molecule has 1 atom stereocenters. The molecule has 110 valence electrons. The largest absolute Gasteiger partial charge is 0.452 e. The lowest BCUT2D eigenvalue weighted by Gasteiger charge is -2.13. The molecule has 0 saturated carbocycles. The number of hydrogen-bond acceptors (Lipinski definition) is 4. The molecule has 1 aromatic carbocycles. The fourth-order valence-corrected chi connectivity index (χ4v) is 1.74. The molecule has 0 aromatic heterocycles. The van der Waals surface area contributed by atoms with Crippen LogP contribution in [0, 0.1) is 5.82 Å². The van der Waals surface area contributed by atoms with Gasteiger partial charge in [-0.3, -0.25) is 4.79 Å². The van der Waals surface area contributed by atoms with Crippen LogP contribution in [0.4, 0.5) is 10.1 Å². The van der Waals surface area contributed by atoms with E-state index in [1.807, 2.05) is 13.8 Å². The van der Waals surface area contributed by atoms with Crippen molar-refractivity contribution in [1.82, 2.24) is 5.32 Å². The number of amides is 1. The number of esters is 1. The number of halogens is 1. The van der Waals surface area contributed by atoms with Gasteiger partial charge >= 0.3 is 5.97 Å². The second kappa shape index (κ2) is 7.47. The van der Waals surface area contributed by atoms with Gasteiger partial charge in [-0.2, -0.15) is 0 Å². The minimum Gasteiger partial charge on any atom is -0.452 e. The predicted molar refractivity (Wildman–Crippen MR) is 73.6 cm³/mol. The van der Waals surface area contributed by atoms with Gasteiger partial charge in [-0.05, 0) is 31.5 Å². The van der Waals surface area contributed by atoms with E-state index in [4.69, 9.17) is 10.5 Å². The molecule has 0 spiro atoms. The summed E-state index contributed by atoms with van der Waals surface area (Å²) in [6.07, 6.45) is 1.79. The first-order valence-corrected chi connectivity index (χ1v) is 6.45. The Morgan fingerprint density at radius 3 is 2.80 bits per heavy atom. The molecule has 0 bridgehead atoms. The second-order valence-electron chi connectivity index (χ2n) is 4.56. The second-order valence-corrected chi connectivity index (χ2v) is 4.56. The maximum absolute atomic E-state index is 13.0. The Bertz CT molecular complexity index is 491. The number of rotatable bonds is 6. The lowest BCUT2D eigenvalue weighted by molar-refractivity contribution is -0.124. The summed E-state index contributed by atoms with van der Waals surface area (Å²) in [5.41, 5.74) is 5.57. The molecule has 5 nitrogen and oxygen atoms in total. The van der Waals surface area contributed by atoms with Gasteiger partial charge in [0.2, 0.25) is 0 Å². The van der Waals surface area contributed by atoms with Crippen LogP contribution in [0.2, 0.25) is 0 Å². The quantitative estimate of drug-likeness (QED) is 0.616. The van der Waals surface area contributed by atoms with E-state index in [0.717, 1.165) is 25.0 Å². The van der Waals surface area contributed by atoms with Gasteiger partial charge in [0.25, 0.3) is 5.91 Å². The summed E-state index contributed by atoms with van der Waals surface area (Å²) >= 11 is 0. The van der Waals surface area contributed by atoms with Gasteiger partial charge in [0, 0.05) is 11.7 Å². The highest BCUT2D eigenvalue weighted by atomic mass is 19.1. The van der Waals surface area contributed by atoms with Gasteiger partial charge in [-0.15, -0.1) is 0 Å². The van der Waals surface area contributed by atoms with E-state index in [2.05, 4.69) is 5.32 Å². The van der Waals surface area contributed by atoms with Crippen LogP contribution in [0.3, 0.4) is 0 Å². The maximum atomic E-state index is 13.0. The van der Waals surface area contributed by atoms with Crippen molar-refractivity contribution in [2.45, 2.75) is 32.7 Å². The summed E-state index contributed by atoms with van der Waals surface area (Å²) in [4.78, 5) is 23.2. The van der Waals surface area contributed by atoms with Crippen molar-refractivity contribution in [1.29, 1.82) is 0 Å². The number of hydrogen-bond donors (Lipinski definition) is 2. The van der Waals surface area contributed by atoms with Crippen LogP contribution in [0.5, 0.6) is 0 Å². The molecule has 1 amide bonds. The highest BCUT2D eigenvalue weighted by Gasteiger charge is 2.15. The summed E-state index contributed by atoms with van der Waals surface area (Å²) < 4.78 is 17.8. The van der Waals surface area contributed by atoms with Crippen molar-refractivity contribution in [3.05, 3.63) is 29.6 Å². The third-order valence-corrected chi connectivity index (χ3v) is 2.70. The van der Waals surface area contributed by atoms with Gasteiger partial charge in [0.1, 0.15) is 5.82 Å². The molecule has 6 heteroatoms. The zero-order valence-corrected chi connectivity index (χ0v) is 11.6. The molecule has 20 heavy (non-hydrogen) atoms. The third-order valence-electron chi connectivity index (χ3n) is 2.70. The van der Waals surface area contributed by atoms with Gasteiger partial charge in [-0.25, -0.2) is 9.18 Å². The van der Waals surface area contributed by atoms with Crippen molar-refractivity contribution < 1.29 is 18.7 Å². The Morgan fingerprint density at radius 1 is 1.45 bits per heavy atom. The molecule has 3 N–H and O–H groups in total. The van der Waals surface area contributed by atoms with Gasteiger partial charge in [0.05, 0.1) is 5.56 Å². The lowest BCUT2D eigenvalue weighted by atomic mass is 10.2. The normalized spacial score (nSPS) is 11.8. The van der Waals surface area contributed by atoms with Gasteiger partial charge in [-0.1, -0.05) is 13.3 Å². The monoisotopic (exact) mass is 282 g/mol. The molecule has 0 aliphatic heterocycles. The Morgan fingerprint density at radius 2 is 2.15 bits per heavy atom. The topological polar surface area (TPSA) is 81.4 Å². The molecule has 0 heterocycles. The van der Waals surface area contributed by atoms with E-state index in [0.29, 0.717) is 0 Å². The molecular weight excluding hydrogens is 263 g/mol. The van der Waals surface area contributed by atoms with E-state index in [1.54, 1.807) is 0 Å². The first-order valence-electron chi connectivity index (χ1n) is 6.45. The SMILES string of the molecule is CCCC(C)NC(=O)COC(=O)c1cc(F)ccc1N. The first-order chi connectivity index (χ1) is 9.43. The Labute approximate surface area is 117 Å². The van der Waals surface area contributed by atoms with Crippen LogP contribution in [0.15, 0.2) is 18.2 Å². The molecule has 0 aliphatic rings. The van der Waals surface area contributed by atoms with Crippen LogP contribution in [0.1, 0.15) is 37.0 Å². The molecule has 0 radical (unpaired) electrons. The summed E-state index contributed by atoms with van der Waals surface area (Å²) in [7, 11) is 0. The van der Waals surface area contributed by atoms with Crippen molar-refractivity contribution in [2.75, 3.05) is 12.3 Å². The molecule has 1 aromatic rings. The number of nitrogens with two attached hydrogens (primary N) is 1. The van der Waals surface area contributed by atoms with E-state index in [9.17, 15) is 14.0 Å². The molecular formula is C14H19FN2O3. The molecule has 0 aliphatic carbocycles. The number of benzene rings is 1. The van der Waals surface area contributed by atoms with Crippen molar-refractivity contribution in [3.63, 3.8) is 0 Å². The number of carbonyl (C=O) groups is 2. The standard InChI is InChI=1S/C14H19FN2O3/c1-3-4-9(2)17-13(18)8-20-14(19)11-7-10(15)5-6-12(11)16/h5-7,9H,3-4,8,16H2,1-2H3,(H,17,18). The summed E-state index contributed by atoms with van der Waals surface area (Å²) in [5.74, 6) is -1.80. The highest BCUT2D eigenvalue weighted by Crippen LogP contribution is 2.14. The van der Waals surface area contributed by atoms with Crippen molar-refractivity contribution in [2.24, 2.45) is 0 Å². The minimum absolute atomic E-state index is 0.0189. The van der Waals surface area contributed by atoms with Crippen LogP contribution in [-0.4, -0.2) is 24.5 Å². The van der Waals surface area contributed by atoms with E-state index < -0.39 is 24.3 Å². The molecule has 1 unspecified atom stereocenters. The minimum atomic E-state index is -0.819. The number of nitrogen functional groups attached to an aromatic ring is 1. The predicted octanol–water partition coefficient (Wildman–Crippen LogP) is 1.87. The Kier molecular flexibility index (Phi) is 5.96. The van der Waals surface area contributed by atoms with Crippen molar-refractivity contribution in [3.8, 4) is 0 Å². The molecule has 1 rings (SSSR count). The number of nitrogens with one attached hydrogen (secondary N) is 1. The summed E-state index contributed by atoms with van der Waals surface area (Å²) in [6.45, 7) is 3.46. The van der Waals surface area contributed by atoms with Crippen LogP contribution in [-0.2, 0) is 9.53 Å². The fourth-order valence-electron chi connectivity index (χ4n) is 1.74. The van der Waals surface area contributed by atoms with Gasteiger partial charge < -0.3 is 15.8 Å². The van der Waals surface area contributed by atoms with E-state index in [1.165, 1.54) is 6.07 Å². The molecule has 0 saturated heterocycles. The summed E-state index contributed by atoms with van der Waals surface area (Å²) in [6, 6.07) is 3.42. The van der Waals surface area contributed by atoms with E-state index in [-0.39, 0.29) is 17.3 Å². The van der Waals surface area contributed by atoms with E-state index >= 15 is 0 Å². The number of carbonyl (C=O) groups excluding carboxylic acids is 2. The zero-order valence-electron chi connectivity index (χ0n) is 11.6. The van der Waals surface area contributed by atoms with Crippen LogP contribution in [0.25, 0.3) is 0 Å². The average Bonchev–Trinajstić information content (AvgIpc) is 2.39. The maximum Gasteiger partial charge on any atom is 0.340 e. The van der Waals surface area contributed by atoms with Crippen LogP contribution < -0.4 is 11.1 Å². The zero-order chi connectivity index (χ0) is 15.1.